The van der Waals surface area contributed by atoms with Crippen molar-refractivity contribution in [2.45, 2.75) is 0 Å². The van der Waals surface area contributed by atoms with Crippen LogP contribution in [0.3, 0.4) is 0 Å². The zero-order valence-corrected chi connectivity index (χ0v) is 10.4. The minimum absolute atomic E-state index is 0.0375. The van der Waals surface area contributed by atoms with E-state index in [0.29, 0.717) is 6.54 Å². The third kappa shape index (κ3) is 2.86. The van der Waals surface area contributed by atoms with E-state index < -0.39 is 0 Å². The zero-order valence-electron chi connectivity index (χ0n) is 10.4. The first kappa shape index (κ1) is 13.4. The molecule has 0 aromatic carbocycles. The first-order chi connectivity index (χ1) is 9.49. The van der Waals surface area contributed by atoms with Crippen LogP contribution in [-0.2, 0) is 0 Å². The van der Waals surface area contributed by atoms with Crippen molar-refractivity contribution in [1.82, 2.24) is 29.9 Å². The molecule has 0 amide bonds. The summed E-state index contributed by atoms with van der Waals surface area (Å²) >= 11 is 0. The van der Waals surface area contributed by atoms with Crippen molar-refractivity contribution in [3.8, 4) is 0 Å². The minimum atomic E-state index is -0.0375. The van der Waals surface area contributed by atoms with Gasteiger partial charge in [0.05, 0.1) is 0 Å². The fourth-order valence-corrected chi connectivity index (χ4v) is 1.45. The van der Waals surface area contributed by atoms with E-state index >= 15 is 0 Å². The molecular weight excluding hydrogens is 264 g/mol. The Morgan fingerprint density at radius 2 is 1.00 bits per heavy atom. The smallest absolute Gasteiger partial charge is 0.238 e. The second kappa shape index (κ2) is 5.31. The highest BCUT2D eigenvalue weighted by molar-refractivity contribution is 5.53. The zero-order chi connectivity index (χ0) is 14.7. The van der Waals surface area contributed by atoms with Crippen LogP contribution < -0.4 is 33.6 Å². The molecule has 2 heterocycles. The van der Waals surface area contributed by atoms with Crippen LogP contribution in [0.5, 0.6) is 0 Å². The first-order valence-electron chi connectivity index (χ1n) is 5.51. The van der Waals surface area contributed by atoms with Gasteiger partial charge in [0.15, 0.2) is 0 Å². The van der Waals surface area contributed by atoms with Crippen molar-refractivity contribution >= 4 is 35.7 Å². The summed E-state index contributed by atoms with van der Waals surface area (Å²) in [6.45, 7) is 0.572. The van der Waals surface area contributed by atoms with E-state index in [9.17, 15) is 0 Å². The Hall–Kier alpha value is -3.02. The molecule has 0 atom stereocenters. The molecule has 106 valence electrons. The van der Waals surface area contributed by atoms with E-state index in [1.807, 2.05) is 0 Å². The van der Waals surface area contributed by atoms with Crippen molar-refractivity contribution in [2.24, 2.45) is 5.73 Å². The molecule has 2 rings (SSSR count). The molecule has 2 aromatic heterocycles. The predicted octanol–water partition coefficient (Wildman–Crippen LogP) is -2.52. The molecule has 0 unspecified atom stereocenters. The number of rotatable bonds is 4. The maximum Gasteiger partial charge on any atom is 0.238 e. The highest BCUT2D eigenvalue weighted by atomic mass is 15.4. The molecule has 0 aliphatic rings. The molecule has 0 radical (unpaired) electrons. The average Bonchev–Trinajstić information content (AvgIpc) is 2.33. The van der Waals surface area contributed by atoms with Crippen LogP contribution in [0.15, 0.2) is 0 Å². The van der Waals surface area contributed by atoms with E-state index in [2.05, 4.69) is 29.9 Å². The molecular formula is C8H14N12. The number of hydrogen-bond donors (Lipinski definition) is 5. The monoisotopic (exact) mass is 278 g/mol. The standard InChI is InChI=1S/C8H14N12/c9-1-2-20(7-16-3(10)14-4(11)17-7)8-18-5(12)15-6(13)19-8/h1-2,9H2,(H4,10,11,14,16,17)(H4,12,13,15,18,19). The van der Waals surface area contributed by atoms with Crippen LogP contribution in [0.1, 0.15) is 0 Å². The van der Waals surface area contributed by atoms with Crippen LogP contribution in [0.25, 0.3) is 0 Å². The van der Waals surface area contributed by atoms with Gasteiger partial charge in [-0.25, -0.2) is 0 Å². The van der Waals surface area contributed by atoms with Gasteiger partial charge in [-0.2, -0.15) is 29.9 Å². The largest absolute Gasteiger partial charge is 0.368 e. The van der Waals surface area contributed by atoms with Gasteiger partial charge >= 0.3 is 0 Å². The number of nitrogen functional groups attached to an aromatic ring is 4. The van der Waals surface area contributed by atoms with Crippen molar-refractivity contribution in [3.05, 3.63) is 0 Å². The Morgan fingerprint density at radius 1 is 0.650 bits per heavy atom. The van der Waals surface area contributed by atoms with Crippen molar-refractivity contribution in [1.29, 1.82) is 0 Å². The lowest BCUT2D eigenvalue weighted by atomic mass is 10.5. The van der Waals surface area contributed by atoms with Gasteiger partial charge in [0, 0.05) is 13.1 Å². The first-order valence-corrected chi connectivity index (χ1v) is 5.51. The van der Waals surface area contributed by atoms with Crippen LogP contribution in [-0.4, -0.2) is 43.0 Å². The predicted molar refractivity (Wildman–Crippen MR) is 73.4 cm³/mol. The second-order valence-electron chi connectivity index (χ2n) is 3.64. The maximum absolute atomic E-state index is 5.55. The van der Waals surface area contributed by atoms with Gasteiger partial charge in [-0.3, -0.25) is 4.90 Å². The molecule has 2 aromatic rings. The third-order valence-electron chi connectivity index (χ3n) is 2.15. The SMILES string of the molecule is NCCN(c1nc(N)nc(N)n1)c1nc(N)nc(N)n1. The van der Waals surface area contributed by atoms with E-state index in [1.165, 1.54) is 4.90 Å². The summed E-state index contributed by atoms with van der Waals surface area (Å²) in [5.41, 5.74) is 27.7. The maximum atomic E-state index is 5.55. The molecule has 0 spiro atoms. The van der Waals surface area contributed by atoms with Gasteiger partial charge in [0.25, 0.3) is 0 Å². The molecule has 0 saturated carbocycles. The number of aromatic nitrogens is 6. The van der Waals surface area contributed by atoms with Gasteiger partial charge in [-0.05, 0) is 0 Å². The molecule has 0 bridgehead atoms. The van der Waals surface area contributed by atoms with Crippen molar-refractivity contribution in [3.63, 3.8) is 0 Å². The van der Waals surface area contributed by atoms with Crippen LogP contribution in [0, 0.1) is 0 Å². The second-order valence-corrected chi connectivity index (χ2v) is 3.64. The highest BCUT2D eigenvalue weighted by Crippen LogP contribution is 2.19. The Morgan fingerprint density at radius 3 is 1.30 bits per heavy atom. The highest BCUT2D eigenvalue weighted by Gasteiger charge is 2.17. The average molecular weight is 278 g/mol. The quantitative estimate of drug-likeness (QED) is 0.392. The van der Waals surface area contributed by atoms with E-state index in [4.69, 9.17) is 28.7 Å². The van der Waals surface area contributed by atoms with E-state index in [1.54, 1.807) is 0 Å². The Kier molecular flexibility index (Phi) is 3.56. The lowest BCUT2D eigenvalue weighted by Crippen LogP contribution is -2.29. The Balaban J connectivity index is 2.49. The molecule has 12 nitrogen and oxygen atoms in total. The molecule has 0 fully saturated rings. The summed E-state index contributed by atoms with van der Waals surface area (Å²) in [6, 6.07) is 0. The normalized spacial score (nSPS) is 10.4. The van der Waals surface area contributed by atoms with E-state index in [0.717, 1.165) is 0 Å². The lowest BCUT2D eigenvalue weighted by Gasteiger charge is -2.19. The van der Waals surface area contributed by atoms with Crippen LogP contribution in [0.2, 0.25) is 0 Å². The van der Waals surface area contributed by atoms with Crippen molar-refractivity contribution in [2.75, 3.05) is 40.9 Å². The van der Waals surface area contributed by atoms with Gasteiger partial charge in [0.1, 0.15) is 0 Å². The fourth-order valence-electron chi connectivity index (χ4n) is 1.45. The summed E-state index contributed by atoms with van der Waals surface area (Å²) in [7, 11) is 0. The van der Waals surface area contributed by atoms with Crippen molar-refractivity contribution < 1.29 is 0 Å². The Bertz CT molecular complexity index is 520. The summed E-state index contributed by atoms with van der Waals surface area (Å²) in [4.78, 5) is 24.6. The fraction of sp³-hybridized carbons (Fsp3) is 0.250. The molecule has 0 aliphatic carbocycles. The molecule has 20 heavy (non-hydrogen) atoms. The summed E-state index contributed by atoms with van der Waals surface area (Å²) in [5, 5.41) is 0. The van der Waals surface area contributed by atoms with E-state index in [-0.39, 0.29) is 42.2 Å². The summed E-state index contributed by atoms with van der Waals surface area (Å²) in [5.74, 6) is 0.138. The third-order valence-corrected chi connectivity index (χ3v) is 2.15. The number of anilines is 6. The summed E-state index contributed by atoms with van der Waals surface area (Å²) in [6.07, 6.45) is 0. The molecule has 10 N–H and O–H groups in total. The van der Waals surface area contributed by atoms with Crippen LogP contribution >= 0.6 is 0 Å². The lowest BCUT2D eigenvalue weighted by molar-refractivity contribution is 0.838. The van der Waals surface area contributed by atoms with Gasteiger partial charge < -0.3 is 28.7 Å². The topological polar surface area (TPSA) is 211 Å². The molecule has 0 saturated heterocycles. The summed E-state index contributed by atoms with van der Waals surface area (Å²) < 4.78 is 0. The molecule has 0 aliphatic heterocycles. The van der Waals surface area contributed by atoms with Gasteiger partial charge in [-0.15, -0.1) is 0 Å². The Labute approximate surface area is 113 Å². The number of nitrogens with two attached hydrogens (primary N) is 5. The van der Waals surface area contributed by atoms with Gasteiger partial charge in [-0.1, -0.05) is 0 Å². The van der Waals surface area contributed by atoms with Crippen LogP contribution in [0.4, 0.5) is 35.7 Å². The number of nitrogens with zero attached hydrogens (tertiary/aromatic N) is 7. The minimum Gasteiger partial charge on any atom is -0.368 e. The number of hydrogen-bond acceptors (Lipinski definition) is 12. The molecule has 12 heteroatoms. The van der Waals surface area contributed by atoms with Gasteiger partial charge in [0.2, 0.25) is 35.7 Å².